The van der Waals surface area contributed by atoms with Crippen LogP contribution in [0.1, 0.15) is 33.1 Å². The average Bonchev–Trinajstić information content (AvgIpc) is 2.36. The van der Waals surface area contributed by atoms with E-state index in [2.05, 4.69) is 5.32 Å². The summed E-state index contributed by atoms with van der Waals surface area (Å²) in [5, 5.41) is 11.5. The van der Waals surface area contributed by atoms with Crippen LogP contribution in [-0.2, 0) is 14.3 Å². The van der Waals surface area contributed by atoms with Gasteiger partial charge in [-0.25, -0.2) is 4.79 Å². The summed E-state index contributed by atoms with van der Waals surface area (Å²) in [7, 11) is 0. The van der Waals surface area contributed by atoms with Crippen LogP contribution in [0, 0.1) is 5.92 Å². The smallest absolute Gasteiger partial charge is 0.326 e. The van der Waals surface area contributed by atoms with Crippen LogP contribution in [0.4, 0.5) is 0 Å². The molecule has 6 heteroatoms. The molecule has 1 fully saturated rings. The number of aliphatic carboxylic acids is 1. The van der Waals surface area contributed by atoms with Crippen molar-refractivity contribution >= 4 is 23.6 Å². The number of ether oxygens (including phenoxy) is 1. The van der Waals surface area contributed by atoms with Gasteiger partial charge in [0.25, 0.3) is 0 Å². The minimum absolute atomic E-state index is 0.117. The van der Waals surface area contributed by atoms with Crippen molar-refractivity contribution < 1.29 is 19.4 Å². The summed E-state index contributed by atoms with van der Waals surface area (Å²) >= 11 is 1.50. The molecule has 5 nitrogen and oxygen atoms in total. The van der Waals surface area contributed by atoms with E-state index in [-0.39, 0.29) is 23.7 Å². The van der Waals surface area contributed by atoms with Crippen molar-refractivity contribution in [2.75, 3.05) is 18.1 Å². The molecule has 1 aliphatic rings. The number of carboxylic acids is 1. The Kier molecular flexibility index (Phi) is 7.23. The predicted molar refractivity (Wildman–Crippen MR) is 75.3 cm³/mol. The van der Waals surface area contributed by atoms with E-state index in [0.717, 1.165) is 25.2 Å². The van der Waals surface area contributed by atoms with Gasteiger partial charge in [0, 0.05) is 12.4 Å². The summed E-state index contributed by atoms with van der Waals surface area (Å²) in [6.07, 6.45) is 3.60. The van der Waals surface area contributed by atoms with E-state index >= 15 is 0 Å². The molecule has 0 bridgehead atoms. The summed E-state index contributed by atoms with van der Waals surface area (Å²) in [5.41, 5.74) is 0. The van der Waals surface area contributed by atoms with Crippen molar-refractivity contribution in [1.82, 2.24) is 5.32 Å². The molecule has 0 aromatic carbocycles. The number of carboxylic acid groups (broad SMARTS) is 1. The zero-order valence-corrected chi connectivity index (χ0v) is 12.4. The van der Waals surface area contributed by atoms with Crippen LogP contribution in [-0.4, -0.2) is 47.2 Å². The van der Waals surface area contributed by atoms with Gasteiger partial charge in [-0.3, -0.25) is 4.79 Å². The first-order chi connectivity index (χ1) is 9.00. The Labute approximate surface area is 118 Å². The number of thioether (sulfide) groups is 1. The maximum absolute atomic E-state index is 11.7. The minimum atomic E-state index is -0.982. The summed E-state index contributed by atoms with van der Waals surface area (Å²) in [6.45, 7) is 4.37. The quantitative estimate of drug-likeness (QED) is 0.743. The summed E-state index contributed by atoms with van der Waals surface area (Å²) in [4.78, 5) is 22.6. The van der Waals surface area contributed by atoms with E-state index in [4.69, 9.17) is 9.84 Å². The molecular formula is C13H23NO4S. The molecular weight excluding hydrogens is 266 g/mol. The minimum Gasteiger partial charge on any atom is -0.480 e. The van der Waals surface area contributed by atoms with E-state index in [9.17, 15) is 9.59 Å². The molecule has 1 aliphatic heterocycles. The largest absolute Gasteiger partial charge is 0.480 e. The van der Waals surface area contributed by atoms with E-state index < -0.39 is 12.0 Å². The molecule has 1 amide bonds. The number of hydrogen-bond donors (Lipinski definition) is 2. The number of amides is 1. The number of carbonyl (C=O) groups excluding carboxylic acids is 1. The highest BCUT2D eigenvalue weighted by molar-refractivity contribution is 7.99. The van der Waals surface area contributed by atoms with Crippen molar-refractivity contribution in [1.29, 1.82) is 0 Å². The van der Waals surface area contributed by atoms with E-state index in [1.807, 2.05) is 0 Å². The Morgan fingerprint density at radius 3 is 2.68 bits per heavy atom. The molecule has 0 aromatic rings. The molecule has 1 saturated heterocycles. The first-order valence-electron chi connectivity index (χ1n) is 6.72. The van der Waals surface area contributed by atoms with Gasteiger partial charge in [-0.15, -0.1) is 11.8 Å². The Bertz CT molecular complexity index is 303. The standard InChI is InChI=1S/C13H23NO4S/c1-9(2)12(13(16)17)14-11(15)8-19-7-10-5-3-4-6-18-10/h9-10,12H,3-8H2,1-2H3,(H,14,15)(H,16,17)/t10?,12-/m0/s1. The number of carbonyl (C=O) groups is 2. The van der Waals surface area contributed by atoms with Crippen LogP contribution in [0.25, 0.3) is 0 Å². The highest BCUT2D eigenvalue weighted by Gasteiger charge is 2.23. The van der Waals surface area contributed by atoms with Crippen molar-refractivity contribution in [3.05, 3.63) is 0 Å². The Hall–Kier alpha value is -0.750. The van der Waals surface area contributed by atoms with Crippen LogP contribution in [0.5, 0.6) is 0 Å². The van der Waals surface area contributed by atoms with E-state index in [0.29, 0.717) is 0 Å². The fourth-order valence-electron chi connectivity index (χ4n) is 1.95. The second-order valence-electron chi connectivity index (χ2n) is 5.13. The lowest BCUT2D eigenvalue weighted by molar-refractivity contribution is -0.142. The monoisotopic (exact) mass is 289 g/mol. The Morgan fingerprint density at radius 1 is 1.42 bits per heavy atom. The van der Waals surface area contributed by atoms with E-state index in [1.54, 1.807) is 13.8 Å². The molecule has 1 unspecified atom stereocenters. The third kappa shape index (κ3) is 6.29. The molecule has 2 atom stereocenters. The highest BCUT2D eigenvalue weighted by Crippen LogP contribution is 2.17. The average molecular weight is 289 g/mol. The fraction of sp³-hybridized carbons (Fsp3) is 0.846. The molecule has 0 aliphatic carbocycles. The zero-order valence-electron chi connectivity index (χ0n) is 11.6. The van der Waals surface area contributed by atoms with Gasteiger partial charge in [-0.2, -0.15) is 0 Å². The molecule has 110 valence electrons. The lowest BCUT2D eigenvalue weighted by Gasteiger charge is -2.22. The molecule has 1 heterocycles. The highest BCUT2D eigenvalue weighted by atomic mass is 32.2. The topological polar surface area (TPSA) is 75.6 Å². The second kappa shape index (κ2) is 8.43. The fourth-order valence-corrected chi connectivity index (χ4v) is 2.86. The van der Waals surface area contributed by atoms with Gasteiger partial charge < -0.3 is 15.2 Å². The maximum Gasteiger partial charge on any atom is 0.326 e. The lowest BCUT2D eigenvalue weighted by Crippen LogP contribution is -2.45. The molecule has 0 spiro atoms. The van der Waals surface area contributed by atoms with Crippen molar-refractivity contribution in [3.63, 3.8) is 0 Å². The molecule has 0 aromatic heterocycles. The number of hydrogen-bond acceptors (Lipinski definition) is 4. The number of rotatable bonds is 7. The molecule has 1 rings (SSSR count). The van der Waals surface area contributed by atoms with Crippen LogP contribution in [0.3, 0.4) is 0 Å². The van der Waals surface area contributed by atoms with Gasteiger partial charge in [0.05, 0.1) is 11.9 Å². The molecule has 19 heavy (non-hydrogen) atoms. The lowest BCUT2D eigenvalue weighted by atomic mass is 10.1. The molecule has 0 saturated carbocycles. The summed E-state index contributed by atoms with van der Waals surface area (Å²) in [6, 6.07) is -0.806. The van der Waals surface area contributed by atoms with Crippen molar-refractivity contribution in [2.45, 2.75) is 45.3 Å². The van der Waals surface area contributed by atoms with Crippen LogP contribution in [0.2, 0.25) is 0 Å². The Balaban J connectivity index is 2.21. The molecule has 2 N–H and O–H groups in total. The maximum atomic E-state index is 11.7. The zero-order chi connectivity index (χ0) is 14.3. The second-order valence-corrected chi connectivity index (χ2v) is 6.16. The predicted octanol–water partition coefficient (Wildman–Crippen LogP) is 1.51. The van der Waals surface area contributed by atoms with Crippen molar-refractivity contribution in [2.24, 2.45) is 5.92 Å². The summed E-state index contributed by atoms with van der Waals surface area (Å²) < 4.78 is 5.57. The van der Waals surface area contributed by atoms with Gasteiger partial charge in [0.1, 0.15) is 6.04 Å². The van der Waals surface area contributed by atoms with Gasteiger partial charge in [-0.05, 0) is 25.2 Å². The van der Waals surface area contributed by atoms with Crippen LogP contribution >= 0.6 is 11.8 Å². The van der Waals surface area contributed by atoms with Crippen LogP contribution < -0.4 is 5.32 Å². The molecule has 0 radical (unpaired) electrons. The van der Waals surface area contributed by atoms with Crippen molar-refractivity contribution in [3.8, 4) is 0 Å². The van der Waals surface area contributed by atoms with Gasteiger partial charge >= 0.3 is 5.97 Å². The first-order valence-corrected chi connectivity index (χ1v) is 7.87. The normalized spacial score (nSPS) is 21.1. The third-order valence-corrected chi connectivity index (χ3v) is 4.13. The third-order valence-electron chi connectivity index (χ3n) is 3.06. The van der Waals surface area contributed by atoms with Gasteiger partial charge in [-0.1, -0.05) is 13.8 Å². The van der Waals surface area contributed by atoms with Gasteiger partial charge in [0.2, 0.25) is 5.91 Å². The first kappa shape index (κ1) is 16.3. The SMILES string of the molecule is CC(C)[C@H](NC(=O)CSCC1CCCCO1)C(=O)O. The summed E-state index contributed by atoms with van der Waals surface area (Å²) in [5.74, 6) is -0.234. The number of nitrogens with one attached hydrogen (secondary N) is 1. The van der Waals surface area contributed by atoms with Gasteiger partial charge in [0.15, 0.2) is 0 Å². The Morgan fingerprint density at radius 2 is 2.16 bits per heavy atom. The van der Waals surface area contributed by atoms with E-state index in [1.165, 1.54) is 18.2 Å². The van der Waals surface area contributed by atoms with Crippen LogP contribution in [0.15, 0.2) is 0 Å².